The van der Waals surface area contributed by atoms with Crippen molar-refractivity contribution in [2.24, 2.45) is 17.8 Å². The summed E-state index contributed by atoms with van der Waals surface area (Å²) in [6.45, 7) is 1.92. The van der Waals surface area contributed by atoms with Crippen LogP contribution in [0.2, 0.25) is 0 Å². The molecule has 2 aliphatic heterocycles. The highest BCUT2D eigenvalue weighted by atomic mass is 16.7. The molecule has 2 saturated heterocycles. The molecule has 4 fully saturated rings. The Kier molecular flexibility index (Phi) is 2.90. The lowest BCUT2D eigenvalue weighted by Crippen LogP contribution is -3.16. The van der Waals surface area contributed by atoms with E-state index in [2.05, 4.69) is 7.05 Å². The zero-order chi connectivity index (χ0) is 12.1. The van der Waals surface area contributed by atoms with E-state index in [1.807, 2.05) is 0 Å². The molecule has 1 N–H and O–H groups in total. The molecule has 4 rings (SSSR count). The monoisotopic (exact) mass is 252 g/mol. The van der Waals surface area contributed by atoms with Crippen LogP contribution in [0.3, 0.4) is 0 Å². The van der Waals surface area contributed by atoms with Crippen molar-refractivity contribution in [1.82, 2.24) is 0 Å². The summed E-state index contributed by atoms with van der Waals surface area (Å²) in [6.07, 6.45) is 9.24. The third-order valence-corrected chi connectivity index (χ3v) is 6.21. The third kappa shape index (κ3) is 1.75. The second-order valence-electron chi connectivity index (χ2n) is 7.03. The minimum absolute atomic E-state index is 0.416. The van der Waals surface area contributed by atoms with Gasteiger partial charge in [0.15, 0.2) is 0 Å². The minimum Gasteiger partial charge on any atom is -0.349 e. The average Bonchev–Trinajstić information content (AvgIpc) is 2.84. The van der Waals surface area contributed by atoms with Gasteiger partial charge in [-0.25, -0.2) is 0 Å². The Bertz CT molecular complexity index is 322. The molecule has 2 aliphatic carbocycles. The number of rotatable bonds is 0. The SMILES string of the molecule is C[NH+]1CC2CC3OCOC3CC2C2CCCCC21. The van der Waals surface area contributed by atoms with Crippen LogP contribution in [0.1, 0.15) is 38.5 Å². The fourth-order valence-corrected chi connectivity index (χ4v) is 5.41. The van der Waals surface area contributed by atoms with Crippen LogP contribution in [0.4, 0.5) is 0 Å². The van der Waals surface area contributed by atoms with Gasteiger partial charge in [0.2, 0.25) is 0 Å². The molecule has 2 saturated carbocycles. The molecule has 0 aromatic carbocycles. The summed E-state index contributed by atoms with van der Waals surface area (Å²) >= 11 is 0. The van der Waals surface area contributed by atoms with Crippen molar-refractivity contribution >= 4 is 0 Å². The van der Waals surface area contributed by atoms with Crippen molar-refractivity contribution in [3.8, 4) is 0 Å². The second kappa shape index (κ2) is 4.46. The van der Waals surface area contributed by atoms with Crippen LogP contribution in [0, 0.1) is 17.8 Å². The maximum absolute atomic E-state index is 5.78. The number of fused-ring (bicyclic) bond motifs is 4. The first-order chi connectivity index (χ1) is 8.83. The Morgan fingerprint density at radius 1 is 0.944 bits per heavy atom. The molecule has 0 spiro atoms. The van der Waals surface area contributed by atoms with Crippen molar-refractivity contribution in [1.29, 1.82) is 0 Å². The number of piperidine rings is 1. The molecule has 102 valence electrons. The van der Waals surface area contributed by atoms with E-state index in [-0.39, 0.29) is 0 Å². The molecular formula is C15H26NO2+. The van der Waals surface area contributed by atoms with Gasteiger partial charge in [-0.3, -0.25) is 0 Å². The summed E-state index contributed by atoms with van der Waals surface area (Å²) in [5.41, 5.74) is 0. The van der Waals surface area contributed by atoms with E-state index < -0.39 is 0 Å². The van der Waals surface area contributed by atoms with Gasteiger partial charge in [-0.1, -0.05) is 6.42 Å². The van der Waals surface area contributed by atoms with Crippen LogP contribution < -0.4 is 4.90 Å². The largest absolute Gasteiger partial charge is 0.349 e. The van der Waals surface area contributed by atoms with Crippen molar-refractivity contribution in [2.45, 2.75) is 56.8 Å². The first-order valence-corrected chi connectivity index (χ1v) is 7.88. The van der Waals surface area contributed by atoms with Gasteiger partial charge in [-0.15, -0.1) is 0 Å². The highest BCUT2D eigenvalue weighted by molar-refractivity contribution is 4.96. The number of nitrogens with one attached hydrogen (secondary N) is 1. The van der Waals surface area contributed by atoms with Gasteiger partial charge < -0.3 is 14.4 Å². The summed E-state index contributed by atoms with van der Waals surface area (Å²) < 4.78 is 11.5. The number of hydrogen-bond donors (Lipinski definition) is 1. The third-order valence-electron chi connectivity index (χ3n) is 6.21. The summed E-state index contributed by atoms with van der Waals surface area (Å²) in [5.74, 6) is 2.80. The topological polar surface area (TPSA) is 22.9 Å². The molecule has 0 aromatic rings. The van der Waals surface area contributed by atoms with Crippen LogP contribution in [0.15, 0.2) is 0 Å². The smallest absolute Gasteiger partial charge is 0.147 e. The Labute approximate surface area is 110 Å². The van der Waals surface area contributed by atoms with E-state index in [9.17, 15) is 0 Å². The molecule has 4 aliphatic rings. The van der Waals surface area contributed by atoms with Gasteiger partial charge >= 0.3 is 0 Å². The molecule has 0 radical (unpaired) electrons. The molecule has 18 heavy (non-hydrogen) atoms. The zero-order valence-corrected chi connectivity index (χ0v) is 11.4. The summed E-state index contributed by atoms with van der Waals surface area (Å²) in [7, 11) is 2.43. The van der Waals surface area contributed by atoms with Crippen molar-refractivity contribution in [2.75, 3.05) is 20.4 Å². The maximum atomic E-state index is 5.78. The predicted octanol–water partition coefficient (Wildman–Crippen LogP) is 0.841. The van der Waals surface area contributed by atoms with Crippen LogP contribution >= 0.6 is 0 Å². The van der Waals surface area contributed by atoms with Gasteiger partial charge in [0.1, 0.15) is 6.79 Å². The standard InChI is InChI=1S/C15H25NO2/c1-16-8-10-6-14-15(18-9-17-14)7-12(10)11-4-2-3-5-13(11)16/h10-15H,2-9H2,1H3/p+1. The molecule has 3 nitrogen and oxygen atoms in total. The van der Waals surface area contributed by atoms with E-state index in [1.54, 1.807) is 4.90 Å². The molecule has 0 amide bonds. The van der Waals surface area contributed by atoms with E-state index in [0.717, 1.165) is 23.8 Å². The summed E-state index contributed by atoms with van der Waals surface area (Å²) in [4.78, 5) is 1.80. The molecule has 3 heteroatoms. The molecular weight excluding hydrogens is 226 g/mol. The lowest BCUT2D eigenvalue weighted by Gasteiger charge is -2.51. The first kappa shape index (κ1) is 11.7. The number of hydrogen-bond acceptors (Lipinski definition) is 2. The van der Waals surface area contributed by atoms with Crippen molar-refractivity contribution in [3.05, 3.63) is 0 Å². The van der Waals surface area contributed by atoms with E-state index in [0.29, 0.717) is 19.0 Å². The molecule has 0 aromatic heterocycles. The fourth-order valence-electron chi connectivity index (χ4n) is 5.41. The van der Waals surface area contributed by atoms with Crippen LogP contribution in [0.5, 0.6) is 0 Å². The van der Waals surface area contributed by atoms with E-state index in [1.165, 1.54) is 45.1 Å². The van der Waals surface area contributed by atoms with Crippen LogP contribution in [-0.2, 0) is 9.47 Å². The number of quaternary nitrogens is 1. The first-order valence-electron chi connectivity index (χ1n) is 7.88. The summed E-state index contributed by atoms with van der Waals surface area (Å²) in [6, 6.07) is 0.943. The highest BCUT2D eigenvalue weighted by Gasteiger charge is 2.51. The summed E-state index contributed by atoms with van der Waals surface area (Å²) in [5, 5.41) is 0. The van der Waals surface area contributed by atoms with Gasteiger partial charge in [-0.05, 0) is 38.0 Å². The van der Waals surface area contributed by atoms with Gasteiger partial charge in [0.05, 0.1) is 31.8 Å². The fraction of sp³-hybridized carbons (Fsp3) is 1.00. The number of ether oxygens (including phenoxy) is 2. The van der Waals surface area contributed by atoms with Gasteiger partial charge in [-0.2, -0.15) is 0 Å². The average molecular weight is 252 g/mol. The second-order valence-corrected chi connectivity index (χ2v) is 7.03. The van der Waals surface area contributed by atoms with Gasteiger partial charge in [0.25, 0.3) is 0 Å². The lowest BCUT2D eigenvalue weighted by atomic mass is 9.62. The predicted molar refractivity (Wildman–Crippen MR) is 68.3 cm³/mol. The Morgan fingerprint density at radius 3 is 2.61 bits per heavy atom. The highest BCUT2D eigenvalue weighted by Crippen LogP contribution is 2.45. The Balaban J connectivity index is 1.56. The Hall–Kier alpha value is -0.120. The number of likely N-dealkylation sites (tertiary alicyclic amines) is 1. The van der Waals surface area contributed by atoms with Crippen molar-refractivity contribution < 1.29 is 14.4 Å². The van der Waals surface area contributed by atoms with Crippen molar-refractivity contribution in [3.63, 3.8) is 0 Å². The lowest BCUT2D eigenvalue weighted by molar-refractivity contribution is -0.923. The van der Waals surface area contributed by atoms with Gasteiger partial charge in [0, 0.05) is 11.8 Å². The Morgan fingerprint density at radius 2 is 1.72 bits per heavy atom. The quantitative estimate of drug-likeness (QED) is 0.690. The van der Waals surface area contributed by atoms with Crippen LogP contribution in [0.25, 0.3) is 0 Å². The zero-order valence-electron chi connectivity index (χ0n) is 11.4. The molecule has 2 heterocycles. The van der Waals surface area contributed by atoms with E-state index in [4.69, 9.17) is 9.47 Å². The maximum Gasteiger partial charge on any atom is 0.147 e. The van der Waals surface area contributed by atoms with Crippen LogP contribution in [-0.4, -0.2) is 38.6 Å². The normalized spacial score (nSPS) is 55.5. The molecule has 0 bridgehead atoms. The minimum atomic E-state index is 0.416. The molecule has 7 atom stereocenters. The van der Waals surface area contributed by atoms with E-state index >= 15 is 0 Å². The molecule has 7 unspecified atom stereocenters.